The van der Waals surface area contributed by atoms with E-state index in [9.17, 15) is 4.79 Å². The van der Waals surface area contributed by atoms with Crippen LogP contribution in [0.1, 0.15) is 10.4 Å². The number of hydrogen-bond acceptors (Lipinski definition) is 3. The molecule has 1 aliphatic heterocycles. The van der Waals surface area contributed by atoms with E-state index in [0.29, 0.717) is 25.3 Å². The third kappa shape index (κ3) is 2.99. The number of hydrogen-bond donors (Lipinski definition) is 1. The normalized spacial score (nSPS) is 18.7. The highest BCUT2D eigenvalue weighted by atomic mass is 16.5. The second-order valence-electron chi connectivity index (χ2n) is 5.06. The number of nitrogens with zero attached hydrogens (tertiary/aromatic N) is 2. The van der Waals surface area contributed by atoms with Crippen LogP contribution in [0.2, 0.25) is 0 Å². The van der Waals surface area contributed by atoms with E-state index >= 15 is 0 Å². The molecule has 0 radical (unpaired) electrons. The maximum atomic E-state index is 12.4. The molecular formula is C16H18N2O3. The van der Waals surface area contributed by atoms with Gasteiger partial charge in [0.05, 0.1) is 19.3 Å². The van der Waals surface area contributed by atoms with Crippen molar-refractivity contribution in [3.05, 3.63) is 54.4 Å². The van der Waals surface area contributed by atoms with Crippen molar-refractivity contribution in [2.75, 3.05) is 26.3 Å². The van der Waals surface area contributed by atoms with Crippen LogP contribution in [0.5, 0.6) is 0 Å². The van der Waals surface area contributed by atoms with Crippen molar-refractivity contribution < 1.29 is 14.6 Å². The second-order valence-corrected chi connectivity index (χ2v) is 5.06. The first kappa shape index (κ1) is 13.9. The van der Waals surface area contributed by atoms with E-state index in [0.717, 1.165) is 5.69 Å². The van der Waals surface area contributed by atoms with Gasteiger partial charge >= 0.3 is 0 Å². The second kappa shape index (κ2) is 6.11. The van der Waals surface area contributed by atoms with E-state index in [-0.39, 0.29) is 18.6 Å². The number of aliphatic hydroxyl groups is 1. The van der Waals surface area contributed by atoms with Gasteiger partial charge < -0.3 is 19.3 Å². The molecule has 2 heterocycles. The predicted molar refractivity (Wildman–Crippen MR) is 78.5 cm³/mol. The summed E-state index contributed by atoms with van der Waals surface area (Å²) < 4.78 is 7.36. The summed E-state index contributed by atoms with van der Waals surface area (Å²) >= 11 is 0. The fourth-order valence-electron chi connectivity index (χ4n) is 2.48. The molecule has 1 saturated heterocycles. The van der Waals surface area contributed by atoms with E-state index in [2.05, 4.69) is 0 Å². The van der Waals surface area contributed by atoms with Gasteiger partial charge in [-0.15, -0.1) is 0 Å². The standard InChI is InChI=1S/C16H18N2O3/c19-12-15-11-18(9-10-21-15)16(20)13-3-5-14(6-4-13)17-7-1-2-8-17/h1-8,15,19H,9-12H2. The number of ether oxygens (including phenoxy) is 1. The molecule has 5 heteroatoms. The van der Waals surface area contributed by atoms with E-state index < -0.39 is 0 Å². The summed E-state index contributed by atoms with van der Waals surface area (Å²) in [6.07, 6.45) is 3.65. The van der Waals surface area contributed by atoms with Crippen molar-refractivity contribution in [1.29, 1.82) is 0 Å². The molecule has 1 N–H and O–H groups in total. The Kier molecular flexibility index (Phi) is 4.03. The first-order valence-corrected chi connectivity index (χ1v) is 7.03. The maximum Gasteiger partial charge on any atom is 0.254 e. The lowest BCUT2D eigenvalue weighted by atomic mass is 10.1. The highest BCUT2D eigenvalue weighted by Gasteiger charge is 2.24. The van der Waals surface area contributed by atoms with Gasteiger partial charge in [-0.3, -0.25) is 4.79 Å². The van der Waals surface area contributed by atoms with Gasteiger partial charge in [0.1, 0.15) is 0 Å². The molecule has 3 rings (SSSR count). The molecule has 1 aliphatic rings. The van der Waals surface area contributed by atoms with E-state index in [1.165, 1.54) is 0 Å². The van der Waals surface area contributed by atoms with Crippen molar-refractivity contribution in [3.8, 4) is 5.69 Å². The number of morpholine rings is 1. The zero-order chi connectivity index (χ0) is 14.7. The number of benzene rings is 1. The largest absolute Gasteiger partial charge is 0.394 e. The molecule has 1 aromatic heterocycles. The van der Waals surface area contributed by atoms with Gasteiger partial charge in [-0.25, -0.2) is 0 Å². The zero-order valence-corrected chi connectivity index (χ0v) is 11.7. The lowest BCUT2D eigenvalue weighted by Gasteiger charge is -2.32. The lowest BCUT2D eigenvalue weighted by Crippen LogP contribution is -2.46. The molecule has 21 heavy (non-hydrogen) atoms. The van der Waals surface area contributed by atoms with E-state index in [1.54, 1.807) is 4.90 Å². The third-order valence-corrected chi connectivity index (χ3v) is 3.65. The number of carbonyl (C=O) groups is 1. The van der Waals surface area contributed by atoms with Crippen molar-refractivity contribution in [2.24, 2.45) is 0 Å². The predicted octanol–water partition coefficient (Wildman–Crippen LogP) is 1.31. The van der Waals surface area contributed by atoms with Crippen molar-refractivity contribution in [1.82, 2.24) is 9.47 Å². The van der Waals surface area contributed by atoms with Crippen LogP contribution in [0.3, 0.4) is 0 Å². The molecular weight excluding hydrogens is 268 g/mol. The van der Waals surface area contributed by atoms with Gasteiger partial charge in [-0.05, 0) is 36.4 Å². The summed E-state index contributed by atoms with van der Waals surface area (Å²) in [4.78, 5) is 14.2. The molecule has 110 valence electrons. The molecule has 1 unspecified atom stereocenters. The number of aromatic nitrogens is 1. The quantitative estimate of drug-likeness (QED) is 0.925. The van der Waals surface area contributed by atoms with Crippen LogP contribution in [-0.2, 0) is 4.74 Å². The average molecular weight is 286 g/mol. The highest BCUT2D eigenvalue weighted by Crippen LogP contribution is 2.14. The SMILES string of the molecule is O=C(c1ccc(-n2cccc2)cc1)N1CCOC(CO)C1. The summed E-state index contributed by atoms with van der Waals surface area (Å²) in [6, 6.07) is 11.4. The number of carbonyl (C=O) groups excluding carboxylic acids is 1. The lowest BCUT2D eigenvalue weighted by molar-refractivity contribution is -0.0447. The molecule has 5 nitrogen and oxygen atoms in total. The Hall–Kier alpha value is -2.11. The minimum atomic E-state index is -0.276. The summed E-state index contributed by atoms with van der Waals surface area (Å²) in [5, 5.41) is 9.14. The van der Waals surface area contributed by atoms with Gasteiger partial charge in [0.25, 0.3) is 5.91 Å². The molecule has 1 fully saturated rings. The highest BCUT2D eigenvalue weighted by molar-refractivity contribution is 5.94. The number of aliphatic hydroxyl groups excluding tert-OH is 1. The van der Waals surface area contributed by atoms with Crippen LogP contribution >= 0.6 is 0 Å². The topological polar surface area (TPSA) is 54.7 Å². The van der Waals surface area contributed by atoms with Crippen LogP contribution in [0, 0.1) is 0 Å². The Balaban J connectivity index is 1.73. The summed E-state index contributed by atoms with van der Waals surface area (Å²) in [6.45, 7) is 1.41. The third-order valence-electron chi connectivity index (χ3n) is 3.65. The summed E-state index contributed by atoms with van der Waals surface area (Å²) in [5.41, 5.74) is 1.68. The Bertz CT molecular complexity index is 592. The Morgan fingerprint density at radius 3 is 2.62 bits per heavy atom. The van der Waals surface area contributed by atoms with E-state index in [1.807, 2.05) is 53.4 Å². The fraction of sp³-hybridized carbons (Fsp3) is 0.312. The van der Waals surface area contributed by atoms with Gasteiger partial charge in [-0.2, -0.15) is 0 Å². The Morgan fingerprint density at radius 2 is 1.95 bits per heavy atom. The van der Waals surface area contributed by atoms with Crippen molar-refractivity contribution in [3.63, 3.8) is 0 Å². The minimum Gasteiger partial charge on any atom is -0.394 e. The van der Waals surface area contributed by atoms with Crippen LogP contribution in [0.15, 0.2) is 48.8 Å². The first-order valence-electron chi connectivity index (χ1n) is 7.03. The molecule has 0 aliphatic carbocycles. The van der Waals surface area contributed by atoms with Crippen molar-refractivity contribution in [2.45, 2.75) is 6.10 Å². The first-order chi connectivity index (χ1) is 10.3. The molecule has 0 saturated carbocycles. The molecule has 0 bridgehead atoms. The van der Waals surface area contributed by atoms with Gasteiger partial charge in [0.2, 0.25) is 0 Å². The number of rotatable bonds is 3. The summed E-state index contributed by atoms with van der Waals surface area (Å²) in [5.74, 6) is -0.0178. The zero-order valence-electron chi connectivity index (χ0n) is 11.7. The fourth-order valence-corrected chi connectivity index (χ4v) is 2.48. The van der Waals surface area contributed by atoms with Crippen molar-refractivity contribution >= 4 is 5.91 Å². The van der Waals surface area contributed by atoms with Crippen LogP contribution in [0.4, 0.5) is 0 Å². The van der Waals surface area contributed by atoms with Crippen LogP contribution in [0.25, 0.3) is 5.69 Å². The van der Waals surface area contributed by atoms with Gasteiger partial charge in [-0.1, -0.05) is 0 Å². The smallest absolute Gasteiger partial charge is 0.254 e. The molecule has 1 aromatic carbocycles. The van der Waals surface area contributed by atoms with E-state index in [4.69, 9.17) is 9.84 Å². The maximum absolute atomic E-state index is 12.4. The molecule has 1 amide bonds. The molecule has 1 atom stereocenters. The minimum absolute atomic E-state index is 0.0178. The molecule has 2 aromatic rings. The van der Waals surface area contributed by atoms with Gasteiger partial charge in [0, 0.05) is 36.7 Å². The molecule has 0 spiro atoms. The Labute approximate surface area is 123 Å². The monoisotopic (exact) mass is 286 g/mol. The van der Waals surface area contributed by atoms with Crippen LogP contribution < -0.4 is 0 Å². The Morgan fingerprint density at radius 1 is 1.24 bits per heavy atom. The average Bonchev–Trinajstić information content (AvgIpc) is 3.09. The van der Waals surface area contributed by atoms with Gasteiger partial charge in [0.15, 0.2) is 0 Å². The summed E-state index contributed by atoms with van der Waals surface area (Å²) in [7, 11) is 0. The number of amides is 1. The van der Waals surface area contributed by atoms with Crippen LogP contribution in [-0.4, -0.2) is 52.9 Å².